The number of carbonyl (C=O) groups is 3. The van der Waals surface area contributed by atoms with Crippen LogP contribution in [0, 0.1) is 11.8 Å². The highest BCUT2D eigenvalue weighted by Gasteiger charge is 2.28. The number of hydrogen-bond donors (Lipinski definition) is 2. The first-order valence-corrected chi connectivity index (χ1v) is 13.8. The van der Waals surface area contributed by atoms with Crippen molar-refractivity contribution in [2.75, 3.05) is 44.6 Å². The van der Waals surface area contributed by atoms with Crippen LogP contribution in [0.5, 0.6) is 0 Å². The first-order valence-electron chi connectivity index (χ1n) is 13.0. The largest absolute Gasteiger partial charge is 0.356 e. The van der Waals surface area contributed by atoms with Crippen molar-refractivity contribution < 1.29 is 14.4 Å². The molecule has 2 aromatic rings. The predicted octanol–water partition coefficient (Wildman–Crippen LogP) is 3.27. The van der Waals surface area contributed by atoms with Crippen LogP contribution in [-0.2, 0) is 4.79 Å². The van der Waals surface area contributed by atoms with Crippen molar-refractivity contribution in [3.63, 3.8) is 0 Å². The first-order chi connectivity index (χ1) is 17.5. The van der Waals surface area contributed by atoms with E-state index >= 15 is 0 Å². The zero-order valence-corrected chi connectivity index (χ0v) is 21.8. The first kappa shape index (κ1) is 26.2. The van der Waals surface area contributed by atoms with Gasteiger partial charge in [0.1, 0.15) is 0 Å². The SMILES string of the molecule is CC1CCCN(CCCNC(=O)CC2CCN(C(=O)c3nnc(C(=O)Nc4ccccc4)s3)CC2)C1. The van der Waals surface area contributed by atoms with E-state index in [9.17, 15) is 14.4 Å². The van der Waals surface area contributed by atoms with Crippen molar-refractivity contribution in [1.82, 2.24) is 25.3 Å². The molecule has 4 rings (SSSR count). The van der Waals surface area contributed by atoms with Gasteiger partial charge in [-0.25, -0.2) is 0 Å². The molecular weight excluding hydrogens is 476 g/mol. The normalized spacial score (nSPS) is 19.1. The summed E-state index contributed by atoms with van der Waals surface area (Å²) < 4.78 is 0. The van der Waals surface area contributed by atoms with Crippen LogP contribution in [0.4, 0.5) is 5.69 Å². The molecule has 0 saturated carbocycles. The van der Waals surface area contributed by atoms with Gasteiger partial charge in [-0.15, -0.1) is 10.2 Å². The lowest BCUT2D eigenvalue weighted by Gasteiger charge is -2.31. The fourth-order valence-electron chi connectivity index (χ4n) is 4.94. The minimum absolute atomic E-state index is 0.102. The number of aromatic nitrogens is 2. The molecule has 2 aliphatic rings. The summed E-state index contributed by atoms with van der Waals surface area (Å²) in [5, 5.41) is 14.1. The molecule has 2 N–H and O–H groups in total. The predicted molar refractivity (Wildman–Crippen MR) is 140 cm³/mol. The number of anilines is 1. The number of piperidine rings is 2. The lowest BCUT2D eigenvalue weighted by molar-refractivity contribution is -0.122. The molecular formula is C26H36N6O3S. The molecule has 1 unspecified atom stereocenters. The topological polar surface area (TPSA) is 108 Å². The third-order valence-electron chi connectivity index (χ3n) is 6.92. The summed E-state index contributed by atoms with van der Waals surface area (Å²) >= 11 is 1.00. The molecule has 36 heavy (non-hydrogen) atoms. The quantitative estimate of drug-likeness (QED) is 0.500. The van der Waals surface area contributed by atoms with Gasteiger partial charge in [0, 0.05) is 38.3 Å². The van der Waals surface area contributed by atoms with Crippen molar-refractivity contribution in [3.8, 4) is 0 Å². The Morgan fingerprint density at radius 3 is 2.53 bits per heavy atom. The van der Waals surface area contributed by atoms with E-state index in [0.29, 0.717) is 25.2 Å². The maximum Gasteiger partial charge on any atom is 0.286 e. The molecule has 194 valence electrons. The van der Waals surface area contributed by atoms with E-state index in [-0.39, 0.29) is 33.7 Å². The van der Waals surface area contributed by atoms with Gasteiger partial charge in [-0.3, -0.25) is 14.4 Å². The minimum Gasteiger partial charge on any atom is -0.356 e. The number of amides is 3. The van der Waals surface area contributed by atoms with Crippen LogP contribution in [-0.4, -0.2) is 77.0 Å². The molecule has 0 radical (unpaired) electrons. The van der Waals surface area contributed by atoms with Gasteiger partial charge in [0.05, 0.1) is 0 Å². The van der Waals surface area contributed by atoms with E-state index in [2.05, 4.69) is 32.7 Å². The monoisotopic (exact) mass is 512 g/mol. The molecule has 3 amide bonds. The molecule has 0 spiro atoms. The highest BCUT2D eigenvalue weighted by atomic mass is 32.1. The van der Waals surface area contributed by atoms with E-state index in [0.717, 1.165) is 49.6 Å². The Morgan fingerprint density at radius 1 is 1.03 bits per heavy atom. The van der Waals surface area contributed by atoms with Gasteiger partial charge in [-0.05, 0) is 69.2 Å². The number of rotatable bonds is 9. The van der Waals surface area contributed by atoms with Crippen LogP contribution in [0.1, 0.15) is 65.1 Å². The van der Waals surface area contributed by atoms with Gasteiger partial charge < -0.3 is 20.4 Å². The summed E-state index contributed by atoms with van der Waals surface area (Å²) in [6, 6.07) is 9.09. The Morgan fingerprint density at radius 2 is 1.78 bits per heavy atom. The van der Waals surface area contributed by atoms with Crippen LogP contribution in [0.25, 0.3) is 0 Å². The molecule has 3 heterocycles. The zero-order chi connectivity index (χ0) is 25.3. The Hall–Kier alpha value is -2.85. The van der Waals surface area contributed by atoms with Gasteiger partial charge in [-0.2, -0.15) is 0 Å². The smallest absolute Gasteiger partial charge is 0.286 e. The van der Waals surface area contributed by atoms with Gasteiger partial charge in [-0.1, -0.05) is 36.5 Å². The maximum atomic E-state index is 12.9. The minimum atomic E-state index is -0.382. The Labute approximate surface area is 216 Å². The van der Waals surface area contributed by atoms with Crippen molar-refractivity contribution >= 4 is 34.7 Å². The van der Waals surface area contributed by atoms with E-state index in [4.69, 9.17) is 0 Å². The molecule has 2 saturated heterocycles. The molecule has 10 heteroatoms. The average molecular weight is 513 g/mol. The van der Waals surface area contributed by atoms with E-state index in [1.54, 1.807) is 17.0 Å². The summed E-state index contributed by atoms with van der Waals surface area (Å²) in [7, 11) is 0. The standard InChI is InChI=1S/C26H36N6O3S/c1-19-7-5-13-31(18-19)14-6-12-27-22(33)17-20-10-15-32(16-11-20)26(35)25-30-29-24(36-25)23(34)28-21-8-3-2-4-9-21/h2-4,8-9,19-20H,5-7,10-18H2,1H3,(H,27,33)(H,28,34). The van der Waals surface area contributed by atoms with Crippen molar-refractivity contribution in [2.24, 2.45) is 11.8 Å². The summed E-state index contributed by atoms with van der Waals surface area (Å²) in [5.41, 5.74) is 0.660. The summed E-state index contributed by atoms with van der Waals surface area (Å²) in [5.74, 6) is 0.567. The lowest BCUT2D eigenvalue weighted by atomic mass is 9.93. The van der Waals surface area contributed by atoms with Crippen molar-refractivity contribution in [2.45, 2.75) is 45.4 Å². The van der Waals surface area contributed by atoms with E-state index in [1.165, 1.54) is 25.9 Å². The molecule has 9 nitrogen and oxygen atoms in total. The van der Waals surface area contributed by atoms with Crippen LogP contribution < -0.4 is 10.6 Å². The number of benzene rings is 1. The third kappa shape index (κ3) is 7.57. The number of nitrogens with one attached hydrogen (secondary N) is 2. The number of nitrogens with zero attached hydrogens (tertiary/aromatic N) is 4. The zero-order valence-electron chi connectivity index (χ0n) is 20.9. The molecule has 2 fully saturated rings. The molecule has 0 aliphatic carbocycles. The second-order valence-corrected chi connectivity index (χ2v) is 10.9. The van der Waals surface area contributed by atoms with Crippen LogP contribution >= 0.6 is 11.3 Å². The second kappa shape index (κ2) is 12.9. The lowest BCUT2D eigenvalue weighted by Crippen LogP contribution is -2.40. The van der Waals surface area contributed by atoms with Crippen LogP contribution in [0.15, 0.2) is 30.3 Å². The van der Waals surface area contributed by atoms with Crippen molar-refractivity contribution in [1.29, 1.82) is 0 Å². The Bertz CT molecular complexity index is 1020. The second-order valence-electron chi connectivity index (χ2n) is 9.92. The number of carbonyl (C=O) groups excluding carboxylic acids is 3. The van der Waals surface area contributed by atoms with Gasteiger partial charge >= 0.3 is 0 Å². The Kier molecular flexibility index (Phi) is 9.41. The van der Waals surface area contributed by atoms with Crippen molar-refractivity contribution in [3.05, 3.63) is 40.3 Å². The fraction of sp³-hybridized carbons (Fsp3) is 0.577. The van der Waals surface area contributed by atoms with Crippen LogP contribution in [0.3, 0.4) is 0 Å². The maximum absolute atomic E-state index is 12.9. The number of para-hydroxylation sites is 1. The fourth-order valence-corrected chi connectivity index (χ4v) is 5.64. The summed E-state index contributed by atoms with van der Waals surface area (Å²) in [4.78, 5) is 41.9. The highest BCUT2D eigenvalue weighted by Crippen LogP contribution is 2.23. The summed E-state index contributed by atoms with van der Waals surface area (Å²) in [6.45, 7) is 7.58. The van der Waals surface area contributed by atoms with Gasteiger partial charge in [0.25, 0.3) is 11.8 Å². The highest BCUT2D eigenvalue weighted by molar-refractivity contribution is 7.15. The van der Waals surface area contributed by atoms with Crippen LogP contribution in [0.2, 0.25) is 0 Å². The summed E-state index contributed by atoms with van der Waals surface area (Å²) in [6.07, 6.45) is 5.66. The molecule has 1 aromatic heterocycles. The number of likely N-dealkylation sites (tertiary alicyclic amines) is 2. The molecule has 1 atom stereocenters. The van der Waals surface area contributed by atoms with Gasteiger partial charge in [0.15, 0.2) is 0 Å². The molecule has 1 aromatic carbocycles. The van der Waals surface area contributed by atoms with E-state index in [1.807, 2.05) is 18.2 Å². The average Bonchev–Trinajstić information content (AvgIpc) is 3.38. The third-order valence-corrected chi connectivity index (χ3v) is 7.83. The molecule has 2 aliphatic heterocycles. The van der Waals surface area contributed by atoms with E-state index < -0.39 is 0 Å². The Balaban J connectivity index is 1.14. The molecule has 0 bridgehead atoms. The number of hydrogen-bond acceptors (Lipinski definition) is 7. The van der Waals surface area contributed by atoms with Gasteiger partial charge in [0.2, 0.25) is 15.9 Å².